The van der Waals surface area contributed by atoms with Gasteiger partial charge in [0.2, 0.25) is 21.1 Å². The number of nitrogens with one attached hydrogen (secondary N) is 2. The molecule has 168 valence electrons. The Hall–Kier alpha value is -3.47. The lowest BCUT2D eigenvalue weighted by Crippen LogP contribution is -2.45. The molecule has 1 aromatic heterocycles. The summed E-state index contributed by atoms with van der Waals surface area (Å²) in [4.78, 5) is 12.5. The van der Waals surface area contributed by atoms with Crippen LogP contribution in [-0.2, 0) is 21.2 Å². The summed E-state index contributed by atoms with van der Waals surface area (Å²) in [6, 6.07) is 22.1. The minimum Gasteiger partial charge on any atom is -0.299 e. The van der Waals surface area contributed by atoms with Crippen molar-refractivity contribution in [2.24, 2.45) is 0 Å². The lowest BCUT2D eigenvalue weighted by molar-refractivity contribution is -0.117. The Morgan fingerprint density at radius 2 is 1.55 bits per heavy atom. The van der Waals surface area contributed by atoms with Gasteiger partial charge >= 0.3 is 0 Å². The minimum absolute atomic E-state index is 0.0602. The summed E-state index contributed by atoms with van der Waals surface area (Å²) >= 11 is 1.16. The van der Waals surface area contributed by atoms with Crippen molar-refractivity contribution in [1.82, 2.24) is 14.9 Å². The standard InChI is InChI=1S/C23H19FN4O3S2/c24-18-13-7-8-14-20(18)33(30,31)28-19(15-16-9-3-1-4-10-16)21(29)25-23-27-26-22(32-23)17-11-5-2-6-12-17/h1-14,19,28H,15H2,(H,25,27,29)/t19-/m0/s1. The predicted octanol–water partition coefficient (Wildman–Crippen LogP) is 3.87. The zero-order valence-electron chi connectivity index (χ0n) is 17.2. The van der Waals surface area contributed by atoms with Gasteiger partial charge < -0.3 is 0 Å². The Kier molecular flexibility index (Phi) is 6.87. The number of rotatable bonds is 8. The highest BCUT2D eigenvalue weighted by molar-refractivity contribution is 7.89. The molecule has 1 heterocycles. The van der Waals surface area contributed by atoms with Gasteiger partial charge in [-0.25, -0.2) is 12.8 Å². The molecule has 1 amide bonds. The van der Waals surface area contributed by atoms with E-state index >= 15 is 0 Å². The quantitative estimate of drug-likeness (QED) is 0.397. The highest BCUT2D eigenvalue weighted by Crippen LogP contribution is 2.26. The van der Waals surface area contributed by atoms with Crippen LogP contribution in [0.15, 0.2) is 89.8 Å². The second-order valence-corrected chi connectivity index (χ2v) is 9.72. The van der Waals surface area contributed by atoms with Crippen LogP contribution in [0.1, 0.15) is 5.56 Å². The first kappa shape index (κ1) is 22.7. The maximum Gasteiger partial charge on any atom is 0.244 e. The third-order valence-electron chi connectivity index (χ3n) is 4.70. The molecular weight excluding hydrogens is 463 g/mol. The molecule has 0 aliphatic carbocycles. The Bertz CT molecular complexity index is 1350. The highest BCUT2D eigenvalue weighted by atomic mass is 32.2. The van der Waals surface area contributed by atoms with Crippen LogP contribution in [0.3, 0.4) is 0 Å². The fourth-order valence-corrected chi connectivity index (χ4v) is 5.14. The molecule has 3 aromatic carbocycles. The molecule has 0 spiro atoms. The number of hydrogen-bond acceptors (Lipinski definition) is 6. The molecule has 4 aromatic rings. The van der Waals surface area contributed by atoms with Gasteiger partial charge in [0, 0.05) is 5.56 Å². The lowest BCUT2D eigenvalue weighted by Gasteiger charge is -2.18. The number of halogens is 1. The van der Waals surface area contributed by atoms with E-state index in [1.165, 1.54) is 12.1 Å². The zero-order valence-corrected chi connectivity index (χ0v) is 18.8. The van der Waals surface area contributed by atoms with Crippen LogP contribution >= 0.6 is 11.3 Å². The second-order valence-electron chi connectivity index (χ2n) is 7.06. The van der Waals surface area contributed by atoms with Gasteiger partial charge in [-0.05, 0) is 24.1 Å². The highest BCUT2D eigenvalue weighted by Gasteiger charge is 2.28. The van der Waals surface area contributed by atoms with Crippen molar-refractivity contribution < 1.29 is 17.6 Å². The molecule has 0 aliphatic rings. The van der Waals surface area contributed by atoms with Crippen LogP contribution in [0.25, 0.3) is 10.6 Å². The van der Waals surface area contributed by atoms with Gasteiger partial charge in [0.25, 0.3) is 0 Å². The molecule has 4 rings (SSSR count). The molecule has 0 saturated heterocycles. The Labute approximate surface area is 194 Å². The smallest absolute Gasteiger partial charge is 0.244 e. The largest absolute Gasteiger partial charge is 0.299 e. The number of amides is 1. The summed E-state index contributed by atoms with van der Waals surface area (Å²) in [6.45, 7) is 0. The third kappa shape index (κ3) is 5.67. The van der Waals surface area contributed by atoms with E-state index < -0.39 is 32.7 Å². The summed E-state index contributed by atoms with van der Waals surface area (Å²) < 4.78 is 42.2. The van der Waals surface area contributed by atoms with E-state index in [1.54, 1.807) is 24.3 Å². The van der Waals surface area contributed by atoms with Crippen molar-refractivity contribution in [3.8, 4) is 10.6 Å². The van der Waals surface area contributed by atoms with E-state index in [9.17, 15) is 17.6 Å². The number of anilines is 1. The molecule has 0 unspecified atom stereocenters. The number of benzene rings is 3. The summed E-state index contributed by atoms with van der Waals surface area (Å²) in [5.41, 5.74) is 1.58. The van der Waals surface area contributed by atoms with E-state index in [0.717, 1.165) is 34.6 Å². The van der Waals surface area contributed by atoms with Gasteiger partial charge in [0.15, 0.2) is 0 Å². The van der Waals surface area contributed by atoms with Crippen molar-refractivity contribution in [2.75, 3.05) is 5.32 Å². The SMILES string of the molecule is O=C(Nc1nnc(-c2ccccc2)s1)[C@H](Cc1ccccc1)NS(=O)(=O)c1ccccc1F. The van der Waals surface area contributed by atoms with Gasteiger partial charge in [0.1, 0.15) is 21.8 Å². The van der Waals surface area contributed by atoms with Gasteiger partial charge in [-0.15, -0.1) is 10.2 Å². The van der Waals surface area contributed by atoms with Crippen LogP contribution in [-0.4, -0.2) is 30.6 Å². The second kappa shape index (κ2) is 9.99. The Morgan fingerprint density at radius 1 is 0.909 bits per heavy atom. The first-order valence-electron chi connectivity index (χ1n) is 9.93. The first-order chi connectivity index (χ1) is 15.9. The molecule has 0 saturated carbocycles. The number of nitrogens with zero attached hydrogens (tertiary/aromatic N) is 2. The van der Waals surface area contributed by atoms with Crippen LogP contribution in [0.4, 0.5) is 9.52 Å². The number of carbonyl (C=O) groups is 1. The first-order valence-corrected chi connectivity index (χ1v) is 12.2. The van der Waals surface area contributed by atoms with Crippen LogP contribution < -0.4 is 10.0 Å². The molecule has 0 radical (unpaired) electrons. The summed E-state index contributed by atoms with van der Waals surface area (Å²) in [7, 11) is -4.30. The van der Waals surface area contributed by atoms with E-state index in [4.69, 9.17) is 0 Å². The van der Waals surface area contributed by atoms with Crippen LogP contribution in [0.5, 0.6) is 0 Å². The van der Waals surface area contributed by atoms with Crippen molar-refractivity contribution in [1.29, 1.82) is 0 Å². The molecule has 7 nitrogen and oxygen atoms in total. The van der Waals surface area contributed by atoms with Gasteiger partial charge in [-0.2, -0.15) is 4.72 Å². The summed E-state index contributed by atoms with van der Waals surface area (Å²) in [5, 5.41) is 11.5. The van der Waals surface area contributed by atoms with Crippen molar-refractivity contribution in [3.63, 3.8) is 0 Å². The monoisotopic (exact) mass is 482 g/mol. The topological polar surface area (TPSA) is 101 Å². The molecule has 10 heteroatoms. The fraction of sp³-hybridized carbons (Fsp3) is 0.0870. The van der Waals surface area contributed by atoms with Crippen LogP contribution in [0.2, 0.25) is 0 Å². The number of carbonyl (C=O) groups excluding carboxylic acids is 1. The predicted molar refractivity (Wildman–Crippen MR) is 125 cm³/mol. The van der Waals surface area contributed by atoms with Crippen molar-refractivity contribution in [2.45, 2.75) is 17.4 Å². The fourth-order valence-electron chi connectivity index (χ4n) is 3.11. The van der Waals surface area contributed by atoms with E-state index in [-0.39, 0.29) is 11.6 Å². The molecule has 0 bridgehead atoms. The molecule has 0 fully saturated rings. The van der Waals surface area contributed by atoms with Crippen LogP contribution in [0, 0.1) is 5.82 Å². The lowest BCUT2D eigenvalue weighted by atomic mass is 10.1. The average Bonchev–Trinajstić information content (AvgIpc) is 3.28. The van der Waals surface area contributed by atoms with Gasteiger partial charge in [-0.1, -0.05) is 84.1 Å². The molecule has 33 heavy (non-hydrogen) atoms. The molecular formula is C23H19FN4O3S2. The van der Waals surface area contributed by atoms with E-state index in [0.29, 0.717) is 5.01 Å². The minimum atomic E-state index is -4.30. The Balaban J connectivity index is 1.57. The van der Waals surface area contributed by atoms with Crippen molar-refractivity contribution in [3.05, 3.63) is 96.3 Å². The van der Waals surface area contributed by atoms with Gasteiger partial charge in [-0.3, -0.25) is 10.1 Å². The maximum atomic E-state index is 14.1. The summed E-state index contributed by atoms with van der Waals surface area (Å²) in [5.74, 6) is -1.53. The molecule has 2 N–H and O–H groups in total. The van der Waals surface area contributed by atoms with Gasteiger partial charge in [0.05, 0.1) is 0 Å². The molecule has 0 aliphatic heterocycles. The number of sulfonamides is 1. The number of aromatic nitrogens is 2. The Morgan fingerprint density at radius 3 is 2.24 bits per heavy atom. The number of hydrogen-bond donors (Lipinski definition) is 2. The third-order valence-corrected chi connectivity index (χ3v) is 7.09. The van der Waals surface area contributed by atoms with Crippen molar-refractivity contribution >= 4 is 32.4 Å². The zero-order chi connectivity index (χ0) is 23.3. The normalized spacial score (nSPS) is 12.3. The van der Waals surface area contributed by atoms with E-state index in [1.807, 2.05) is 36.4 Å². The maximum absolute atomic E-state index is 14.1. The average molecular weight is 483 g/mol. The summed E-state index contributed by atoms with van der Waals surface area (Å²) in [6.07, 6.45) is 0.0602. The van der Waals surface area contributed by atoms with E-state index in [2.05, 4.69) is 20.2 Å². The molecule has 1 atom stereocenters.